The van der Waals surface area contributed by atoms with Gasteiger partial charge >= 0.3 is 11.9 Å². The van der Waals surface area contributed by atoms with E-state index in [1.807, 2.05) is 22.6 Å². The molecule has 1 N–H and O–H groups in total. The summed E-state index contributed by atoms with van der Waals surface area (Å²) in [5.74, 6) is 0.0756. The number of alkyl halides is 1. The van der Waals surface area contributed by atoms with Gasteiger partial charge in [-0.15, -0.1) is 0 Å². The van der Waals surface area contributed by atoms with Crippen molar-refractivity contribution in [1.29, 1.82) is 0 Å². The highest BCUT2D eigenvalue weighted by atomic mass is 127. The smallest absolute Gasteiger partial charge is 0.356 e. The number of benzene rings is 2. The van der Waals surface area contributed by atoms with Gasteiger partial charge in [-0.3, -0.25) is 0 Å². The molecular weight excluding hydrogens is 532 g/mol. The number of carbonyl (C=O) groups excluding carboxylic acids is 2. The molecule has 166 valence electrons. The number of hydrogen-bond acceptors (Lipinski definition) is 8. The molecule has 8 nitrogen and oxygen atoms in total. The highest BCUT2D eigenvalue weighted by Gasteiger charge is 2.18. The molecule has 3 rings (SSSR count). The molecular formula is C22H19FIN3O5. The van der Waals surface area contributed by atoms with Crippen LogP contribution in [0.4, 0.5) is 10.2 Å². The fourth-order valence-electron chi connectivity index (χ4n) is 2.63. The Hall–Kier alpha value is -3.28. The number of nitrogens with zero attached hydrogens (tertiary/aromatic N) is 2. The third-order valence-corrected chi connectivity index (χ3v) is 4.51. The third-order valence-electron chi connectivity index (χ3n) is 4.20. The van der Waals surface area contributed by atoms with E-state index >= 15 is 0 Å². The second kappa shape index (κ2) is 10.8. The van der Waals surface area contributed by atoms with Gasteiger partial charge in [-0.1, -0.05) is 0 Å². The quantitative estimate of drug-likeness (QED) is 0.247. The number of methoxy groups -OCH3 is 1. The molecule has 0 aliphatic heterocycles. The molecule has 1 atom stereocenters. The average molecular weight is 551 g/mol. The van der Waals surface area contributed by atoms with Crippen molar-refractivity contribution >= 4 is 40.3 Å². The largest absolute Gasteiger partial charge is 0.464 e. The van der Waals surface area contributed by atoms with E-state index in [1.54, 1.807) is 31.2 Å². The van der Waals surface area contributed by atoms with Crippen molar-refractivity contribution in [3.8, 4) is 22.9 Å². The number of rotatable bonds is 8. The van der Waals surface area contributed by atoms with Crippen LogP contribution in [0.15, 0.2) is 54.6 Å². The number of halogens is 2. The molecule has 2 aromatic carbocycles. The summed E-state index contributed by atoms with van der Waals surface area (Å²) in [6, 6.07) is 13.2. The number of anilines is 1. The third kappa shape index (κ3) is 6.13. The second-order valence-electron chi connectivity index (χ2n) is 6.47. The Morgan fingerprint density at radius 1 is 1.06 bits per heavy atom. The first kappa shape index (κ1) is 23.4. The lowest BCUT2D eigenvalue weighted by atomic mass is 10.2. The average Bonchev–Trinajstić information content (AvgIpc) is 2.80. The Morgan fingerprint density at radius 2 is 1.69 bits per heavy atom. The molecule has 0 fully saturated rings. The summed E-state index contributed by atoms with van der Waals surface area (Å²) in [4.78, 5) is 32.7. The van der Waals surface area contributed by atoms with Gasteiger partial charge in [0.2, 0.25) is 0 Å². The number of carbonyl (C=O) groups is 2. The first-order chi connectivity index (χ1) is 15.4. The molecule has 0 spiro atoms. The SMILES string of the molecule is COC(=O)c1cc(NC(C)C(=O)OCI)nc(-c2ccc(Oc3ccc(F)cc3)cc2)n1. The molecule has 1 heterocycles. The lowest BCUT2D eigenvalue weighted by Gasteiger charge is -2.14. The molecule has 0 aliphatic rings. The molecule has 0 aliphatic carbocycles. The molecule has 1 aromatic heterocycles. The topological polar surface area (TPSA) is 99.6 Å². The minimum atomic E-state index is -0.690. The second-order valence-corrected chi connectivity index (χ2v) is 7.10. The van der Waals surface area contributed by atoms with Gasteiger partial charge in [-0.2, -0.15) is 0 Å². The number of esters is 2. The van der Waals surface area contributed by atoms with Crippen LogP contribution in [-0.2, 0) is 14.3 Å². The zero-order valence-electron chi connectivity index (χ0n) is 17.2. The molecule has 0 bridgehead atoms. The fourth-order valence-corrected chi connectivity index (χ4v) is 2.94. The van der Waals surface area contributed by atoms with E-state index in [9.17, 15) is 14.0 Å². The molecule has 0 saturated heterocycles. The predicted molar refractivity (Wildman–Crippen MR) is 123 cm³/mol. The van der Waals surface area contributed by atoms with Gasteiger partial charge < -0.3 is 19.5 Å². The van der Waals surface area contributed by atoms with Crippen molar-refractivity contribution in [3.05, 3.63) is 66.1 Å². The van der Waals surface area contributed by atoms with Gasteiger partial charge in [-0.25, -0.2) is 23.9 Å². The van der Waals surface area contributed by atoms with Gasteiger partial charge in [-0.05, 0) is 78.0 Å². The Labute approximate surface area is 197 Å². The Balaban J connectivity index is 1.85. The monoisotopic (exact) mass is 551 g/mol. The van der Waals surface area contributed by atoms with Gasteiger partial charge in [0.1, 0.15) is 33.8 Å². The summed E-state index contributed by atoms with van der Waals surface area (Å²) in [6.07, 6.45) is 0. The van der Waals surface area contributed by atoms with E-state index in [1.165, 1.54) is 37.4 Å². The van der Waals surface area contributed by atoms with Gasteiger partial charge in [0.05, 0.1) is 7.11 Å². The van der Waals surface area contributed by atoms with Gasteiger partial charge in [0.15, 0.2) is 11.5 Å². The van der Waals surface area contributed by atoms with Crippen molar-refractivity contribution in [1.82, 2.24) is 9.97 Å². The summed E-state index contributed by atoms with van der Waals surface area (Å²) in [5.41, 5.74) is 0.633. The van der Waals surface area contributed by atoms with Crippen molar-refractivity contribution in [2.75, 3.05) is 17.0 Å². The van der Waals surface area contributed by atoms with E-state index in [0.717, 1.165) is 0 Å². The Bertz CT molecular complexity index is 1090. The van der Waals surface area contributed by atoms with Crippen LogP contribution < -0.4 is 10.1 Å². The lowest BCUT2D eigenvalue weighted by Crippen LogP contribution is -2.28. The zero-order chi connectivity index (χ0) is 23.1. The summed E-state index contributed by atoms with van der Waals surface area (Å²) in [5, 5.41) is 2.91. The minimum Gasteiger partial charge on any atom is -0.464 e. The maximum Gasteiger partial charge on any atom is 0.356 e. The molecule has 32 heavy (non-hydrogen) atoms. The Morgan fingerprint density at radius 3 is 2.28 bits per heavy atom. The molecule has 1 unspecified atom stereocenters. The van der Waals surface area contributed by atoms with Crippen LogP contribution in [0, 0.1) is 5.82 Å². The number of hydrogen-bond donors (Lipinski definition) is 1. The number of nitrogens with one attached hydrogen (secondary N) is 1. The highest BCUT2D eigenvalue weighted by Crippen LogP contribution is 2.25. The first-order valence-electron chi connectivity index (χ1n) is 9.40. The summed E-state index contributed by atoms with van der Waals surface area (Å²) >= 11 is 1.93. The van der Waals surface area contributed by atoms with Gasteiger partial charge in [0.25, 0.3) is 0 Å². The molecule has 10 heteroatoms. The first-order valence-corrected chi connectivity index (χ1v) is 10.9. The van der Waals surface area contributed by atoms with Crippen molar-refractivity contribution in [3.63, 3.8) is 0 Å². The maximum absolute atomic E-state index is 13.0. The van der Waals surface area contributed by atoms with E-state index in [0.29, 0.717) is 17.1 Å². The maximum atomic E-state index is 13.0. The van der Waals surface area contributed by atoms with Crippen LogP contribution in [0.5, 0.6) is 11.5 Å². The van der Waals surface area contributed by atoms with Crippen molar-refractivity contribution in [2.24, 2.45) is 0 Å². The predicted octanol–water partition coefficient (Wildman–Crippen LogP) is 4.60. The molecule has 0 radical (unpaired) electrons. The van der Waals surface area contributed by atoms with Crippen LogP contribution in [-0.4, -0.2) is 39.7 Å². The lowest BCUT2D eigenvalue weighted by molar-refractivity contribution is -0.141. The summed E-state index contributed by atoms with van der Waals surface area (Å²) in [7, 11) is 1.25. The minimum absolute atomic E-state index is 0.0288. The summed E-state index contributed by atoms with van der Waals surface area (Å²) in [6.45, 7) is 1.62. The fraction of sp³-hybridized carbons (Fsp3) is 0.182. The van der Waals surface area contributed by atoms with E-state index in [2.05, 4.69) is 15.3 Å². The van der Waals surface area contributed by atoms with Crippen LogP contribution in [0.2, 0.25) is 0 Å². The highest BCUT2D eigenvalue weighted by molar-refractivity contribution is 14.1. The van der Waals surface area contributed by atoms with E-state index < -0.39 is 18.0 Å². The van der Waals surface area contributed by atoms with Crippen LogP contribution >= 0.6 is 22.6 Å². The van der Waals surface area contributed by atoms with Crippen LogP contribution in [0.1, 0.15) is 17.4 Å². The standard InChI is InChI=1S/C22H19FIN3O5/c1-13(21(28)31-12-24)25-19-11-18(22(29)30-2)26-20(27-19)14-3-7-16(8-4-14)32-17-9-5-15(23)6-10-17/h3-11,13H,12H2,1-2H3,(H,25,26,27). The molecule has 3 aromatic rings. The van der Waals surface area contributed by atoms with Crippen LogP contribution in [0.3, 0.4) is 0 Å². The Kier molecular flexibility index (Phi) is 7.92. The van der Waals surface area contributed by atoms with Crippen molar-refractivity contribution < 1.29 is 28.2 Å². The normalized spacial score (nSPS) is 11.4. The van der Waals surface area contributed by atoms with E-state index in [4.69, 9.17) is 14.2 Å². The number of aromatic nitrogens is 2. The zero-order valence-corrected chi connectivity index (χ0v) is 19.3. The van der Waals surface area contributed by atoms with Crippen LogP contribution in [0.25, 0.3) is 11.4 Å². The molecule has 0 amide bonds. The summed E-state index contributed by atoms with van der Waals surface area (Å²) < 4.78 is 28.7. The van der Waals surface area contributed by atoms with Crippen molar-refractivity contribution in [2.45, 2.75) is 13.0 Å². The van der Waals surface area contributed by atoms with Gasteiger partial charge in [0, 0.05) is 11.6 Å². The molecule has 0 saturated carbocycles. The van der Waals surface area contributed by atoms with E-state index in [-0.39, 0.29) is 27.8 Å². The number of ether oxygens (including phenoxy) is 3.